The molecule has 0 aromatic carbocycles. The molecule has 0 aliphatic rings. The molecule has 14 heavy (non-hydrogen) atoms. The molecule has 76 valence electrons. The van der Waals surface area contributed by atoms with Crippen molar-refractivity contribution in [1.82, 2.24) is 4.90 Å². The fraction of sp³-hybridized carbons (Fsp3) is 0.231. The van der Waals surface area contributed by atoms with Crippen LogP contribution in [0.3, 0.4) is 0 Å². The minimum Gasteiger partial charge on any atom is -0.343 e. The maximum atomic E-state index is 4.00. The average Bonchev–Trinajstić information content (AvgIpc) is 2.27. The smallest absolute Gasteiger partial charge is 0.0361 e. The largest absolute Gasteiger partial charge is 0.343 e. The highest BCUT2D eigenvalue weighted by Gasteiger charge is 2.03. The molecule has 0 spiro atoms. The van der Waals surface area contributed by atoms with E-state index < -0.39 is 0 Å². The van der Waals surface area contributed by atoms with Crippen molar-refractivity contribution in [2.24, 2.45) is 0 Å². The van der Waals surface area contributed by atoms with Gasteiger partial charge in [-0.3, -0.25) is 0 Å². The Bertz CT molecular complexity index is 243. The fourth-order valence-electron chi connectivity index (χ4n) is 1.05. The summed E-state index contributed by atoms with van der Waals surface area (Å²) in [7, 11) is 0. The predicted octanol–water partition coefficient (Wildman–Crippen LogP) is 3.35. The summed E-state index contributed by atoms with van der Waals surface area (Å²) in [6.07, 6.45) is 13.6. The first-order chi connectivity index (χ1) is 6.71. The number of likely N-dealkylation sites (N-methyl/N-ethyl adjacent to an activating group) is 1. The molecule has 0 saturated heterocycles. The highest BCUT2D eigenvalue weighted by Crippen LogP contribution is 2.12. The molecule has 0 fully saturated rings. The van der Waals surface area contributed by atoms with Gasteiger partial charge in [-0.25, -0.2) is 0 Å². The molecule has 0 unspecified atom stereocenters. The van der Waals surface area contributed by atoms with Crippen molar-refractivity contribution in [3.63, 3.8) is 0 Å². The summed E-state index contributed by atoms with van der Waals surface area (Å²) in [4.78, 5) is 2.06. The Labute approximate surface area is 88.1 Å². The van der Waals surface area contributed by atoms with E-state index in [0.717, 1.165) is 17.9 Å². The van der Waals surface area contributed by atoms with Gasteiger partial charge in [0.1, 0.15) is 0 Å². The van der Waals surface area contributed by atoms with Gasteiger partial charge in [0.25, 0.3) is 0 Å². The Morgan fingerprint density at radius 2 is 1.79 bits per heavy atom. The number of hydrogen-bond acceptors (Lipinski definition) is 1. The van der Waals surface area contributed by atoms with Crippen LogP contribution < -0.4 is 0 Å². The van der Waals surface area contributed by atoms with E-state index in [2.05, 4.69) is 44.4 Å². The molecule has 0 atom stereocenters. The van der Waals surface area contributed by atoms with Crippen molar-refractivity contribution in [2.75, 3.05) is 6.54 Å². The molecule has 0 saturated carbocycles. The fourth-order valence-corrected chi connectivity index (χ4v) is 1.05. The van der Waals surface area contributed by atoms with Gasteiger partial charge >= 0.3 is 0 Å². The van der Waals surface area contributed by atoms with E-state index >= 15 is 0 Å². The number of nitrogens with zero attached hydrogens (tertiary/aromatic N) is 1. The molecule has 0 aliphatic heterocycles. The lowest BCUT2D eigenvalue weighted by Gasteiger charge is -2.23. The minimum absolute atomic E-state index is 0.885. The SMILES string of the molecule is C#C.C=CC(=C)N(CC)/C(C=C)=C/C. The summed E-state index contributed by atoms with van der Waals surface area (Å²) >= 11 is 0. The van der Waals surface area contributed by atoms with Crippen molar-refractivity contribution in [1.29, 1.82) is 0 Å². The number of rotatable bonds is 5. The first-order valence-electron chi connectivity index (χ1n) is 4.42. The van der Waals surface area contributed by atoms with Gasteiger partial charge in [0, 0.05) is 17.9 Å². The highest BCUT2D eigenvalue weighted by molar-refractivity contribution is 5.24. The van der Waals surface area contributed by atoms with Crippen molar-refractivity contribution >= 4 is 0 Å². The van der Waals surface area contributed by atoms with Crippen LogP contribution in [0.4, 0.5) is 0 Å². The third-order valence-corrected chi connectivity index (χ3v) is 1.72. The van der Waals surface area contributed by atoms with Crippen LogP contribution in [0.15, 0.2) is 49.4 Å². The number of terminal acetylenes is 1. The molecule has 1 nitrogen and oxygen atoms in total. The zero-order chi connectivity index (χ0) is 11.6. The summed E-state index contributed by atoms with van der Waals surface area (Å²) in [5, 5.41) is 0. The van der Waals surface area contributed by atoms with E-state index in [9.17, 15) is 0 Å². The molecule has 0 rings (SSSR count). The summed E-state index contributed by atoms with van der Waals surface area (Å²) in [6.45, 7) is 16.2. The van der Waals surface area contributed by atoms with Crippen LogP contribution >= 0.6 is 0 Å². The van der Waals surface area contributed by atoms with Gasteiger partial charge in [-0.05, 0) is 26.0 Å². The highest BCUT2D eigenvalue weighted by atomic mass is 15.1. The molecule has 1 heteroatoms. The number of hydrogen-bond donors (Lipinski definition) is 0. The van der Waals surface area contributed by atoms with Crippen LogP contribution in [0.5, 0.6) is 0 Å². The zero-order valence-corrected chi connectivity index (χ0v) is 9.16. The molecule has 0 bridgehead atoms. The molecule has 0 radical (unpaired) electrons. The van der Waals surface area contributed by atoms with Crippen molar-refractivity contribution in [2.45, 2.75) is 13.8 Å². The zero-order valence-electron chi connectivity index (χ0n) is 9.16. The summed E-state index contributed by atoms with van der Waals surface area (Å²) in [6, 6.07) is 0. The van der Waals surface area contributed by atoms with Crippen LogP contribution in [-0.2, 0) is 0 Å². The van der Waals surface area contributed by atoms with E-state index in [1.165, 1.54) is 0 Å². The van der Waals surface area contributed by atoms with Crippen molar-refractivity contribution in [3.8, 4) is 12.8 Å². The van der Waals surface area contributed by atoms with Gasteiger partial charge in [0.2, 0.25) is 0 Å². The standard InChI is InChI=1S/C11H17N.C2H2/c1-6-10(5)12(9-4)11(7-2)8-3;1-2/h6-8H,1-2,5,9H2,3-4H3;1-2H/b11-8+;. The quantitative estimate of drug-likeness (QED) is 0.473. The molecular formula is C13H19N. The predicted molar refractivity (Wildman–Crippen MR) is 65.6 cm³/mol. The molecular weight excluding hydrogens is 170 g/mol. The third kappa shape index (κ3) is 4.37. The van der Waals surface area contributed by atoms with Gasteiger partial charge < -0.3 is 4.90 Å². The van der Waals surface area contributed by atoms with E-state index in [1.807, 2.05) is 19.1 Å². The maximum absolute atomic E-state index is 4.00. The van der Waals surface area contributed by atoms with Gasteiger partial charge in [-0.1, -0.05) is 25.8 Å². The molecule has 0 N–H and O–H groups in total. The lowest BCUT2D eigenvalue weighted by Crippen LogP contribution is -2.19. The molecule has 0 aromatic heterocycles. The van der Waals surface area contributed by atoms with Crippen LogP contribution in [0.2, 0.25) is 0 Å². The first-order valence-corrected chi connectivity index (χ1v) is 4.42. The summed E-state index contributed by atoms with van der Waals surface area (Å²) < 4.78 is 0. The van der Waals surface area contributed by atoms with Crippen LogP contribution in [0.1, 0.15) is 13.8 Å². The second-order valence-corrected chi connectivity index (χ2v) is 2.36. The Hall–Kier alpha value is -1.68. The van der Waals surface area contributed by atoms with E-state index in [0.29, 0.717) is 0 Å². The molecule has 0 aromatic rings. The molecule has 0 amide bonds. The Morgan fingerprint density at radius 1 is 1.29 bits per heavy atom. The Morgan fingerprint density at radius 3 is 2.00 bits per heavy atom. The Kier molecular flexibility index (Phi) is 9.96. The second-order valence-electron chi connectivity index (χ2n) is 2.36. The monoisotopic (exact) mass is 189 g/mol. The van der Waals surface area contributed by atoms with Crippen molar-refractivity contribution in [3.05, 3.63) is 49.4 Å². The summed E-state index contributed by atoms with van der Waals surface area (Å²) in [5.41, 5.74) is 1.98. The van der Waals surface area contributed by atoms with Crippen molar-refractivity contribution < 1.29 is 0 Å². The third-order valence-electron chi connectivity index (χ3n) is 1.72. The second kappa shape index (κ2) is 9.41. The van der Waals surface area contributed by atoms with Crippen LogP contribution in [0.25, 0.3) is 0 Å². The first kappa shape index (κ1) is 14.8. The topological polar surface area (TPSA) is 3.24 Å². The lowest BCUT2D eigenvalue weighted by molar-refractivity contribution is 0.480. The van der Waals surface area contributed by atoms with Gasteiger partial charge in [-0.2, -0.15) is 0 Å². The van der Waals surface area contributed by atoms with Gasteiger partial charge in [0.15, 0.2) is 0 Å². The van der Waals surface area contributed by atoms with Gasteiger partial charge in [0.05, 0.1) is 0 Å². The van der Waals surface area contributed by atoms with Crippen LogP contribution in [-0.4, -0.2) is 11.4 Å². The van der Waals surface area contributed by atoms with E-state index in [-0.39, 0.29) is 0 Å². The molecule has 0 aliphatic carbocycles. The normalized spacial score (nSPS) is 9.29. The van der Waals surface area contributed by atoms with E-state index in [1.54, 1.807) is 6.08 Å². The molecule has 0 heterocycles. The number of allylic oxidation sites excluding steroid dienone is 3. The average molecular weight is 189 g/mol. The minimum atomic E-state index is 0.885. The maximum Gasteiger partial charge on any atom is 0.0361 e. The van der Waals surface area contributed by atoms with Crippen LogP contribution in [0, 0.1) is 12.8 Å². The summed E-state index contributed by atoms with van der Waals surface area (Å²) in [5.74, 6) is 0. The van der Waals surface area contributed by atoms with E-state index in [4.69, 9.17) is 0 Å². The Balaban J connectivity index is 0. The van der Waals surface area contributed by atoms with Gasteiger partial charge in [-0.15, -0.1) is 12.8 Å². The lowest BCUT2D eigenvalue weighted by atomic mass is 10.3.